The van der Waals surface area contributed by atoms with E-state index in [-0.39, 0.29) is 17.7 Å². The smallest absolute Gasteiger partial charge is 0.273 e. The molecule has 5 nitrogen and oxygen atoms in total. The molecule has 0 fully saturated rings. The minimum Gasteiger partial charge on any atom is -0.347 e. The molecule has 0 aliphatic carbocycles. The van der Waals surface area contributed by atoms with E-state index in [1.807, 2.05) is 78.9 Å². The van der Waals surface area contributed by atoms with E-state index in [0.717, 1.165) is 26.9 Å². The quantitative estimate of drug-likeness (QED) is 0.442. The second-order valence-corrected chi connectivity index (χ2v) is 9.05. The van der Waals surface area contributed by atoms with Gasteiger partial charge in [-0.25, -0.2) is 0 Å². The molecule has 0 saturated carbocycles. The Balaban J connectivity index is 1.88. The zero-order valence-electron chi connectivity index (χ0n) is 17.4. The maximum Gasteiger partial charge on any atom is 0.273 e. The van der Waals surface area contributed by atoms with Crippen molar-refractivity contribution in [1.82, 2.24) is 9.88 Å². The Morgan fingerprint density at radius 3 is 2.39 bits per heavy atom. The zero-order valence-corrected chi connectivity index (χ0v) is 19.8. The lowest BCUT2D eigenvalue weighted by Gasteiger charge is -2.06. The van der Waals surface area contributed by atoms with Crippen LogP contribution in [0.4, 0.5) is 0 Å². The van der Waals surface area contributed by atoms with Crippen LogP contribution in [0.2, 0.25) is 0 Å². The number of nitrogens with zero attached hydrogens (tertiary/aromatic N) is 2. The minimum atomic E-state index is -0.527. The molecule has 1 amide bonds. The number of amides is 1. The molecular weight excluding hydrogens is 498 g/mol. The Hall–Kier alpha value is -3.73. The number of nitriles is 1. The lowest BCUT2D eigenvalue weighted by molar-refractivity contribution is -0.115. The highest BCUT2D eigenvalue weighted by Crippen LogP contribution is 2.12. The largest absolute Gasteiger partial charge is 0.347 e. The summed E-state index contributed by atoms with van der Waals surface area (Å²) in [7, 11) is 0. The van der Waals surface area contributed by atoms with Gasteiger partial charge in [0.1, 0.15) is 10.7 Å². The predicted molar refractivity (Wildman–Crippen MR) is 134 cm³/mol. The molecule has 0 saturated heterocycles. The molecule has 0 radical (unpaired) electrons. The van der Waals surface area contributed by atoms with Crippen molar-refractivity contribution >= 4 is 44.8 Å². The van der Waals surface area contributed by atoms with Gasteiger partial charge in [-0.05, 0) is 41.5 Å². The fourth-order valence-corrected chi connectivity index (χ4v) is 4.79. The molecule has 0 atom stereocenters. The van der Waals surface area contributed by atoms with Gasteiger partial charge in [0.05, 0.1) is 10.2 Å². The standard InChI is InChI=1S/C26H18BrN3O2S/c27-20-11-7-10-19(14-20)15-23-25(32)30(21-12-5-2-6-13-21)26(33-23)22(16-28)24(31)29-17-18-8-3-1-4-9-18/h1-15H,17H2,(H,29,31)/b23-15+,26-22+. The molecule has 0 aliphatic heterocycles. The van der Waals surface area contributed by atoms with E-state index in [4.69, 9.17) is 0 Å². The van der Waals surface area contributed by atoms with Gasteiger partial charge < -0.3 is 5.32 Å². The molecule has 162 valence electrons. The first-order valence-electron chi connectivity index (χ1n) is 10.1. The number of hydrogen-bond acceptors (Lipinski definition) is 4. The first-order valence-corrected chi connectivity index (χ1v) is 11.7. The molecule has 4 aromatic rings. The first kappa shape index (κ1) is 22.5. The van der Waals surface area contributed by atoms with Gasteiger partial charge in [-0.3, -0.25) is 14.2 Å². The van der Waals surface area contributed by atoms with Gasteiger partial charge in [0.2, 0.25) is 0 Å². The van der Waals surface area contributed by atoms with Crippen molar-refractivity contribution in [3.05, 3.63) is 120 Å². The van der Waals surface area contributed by atoms with Crippen LogP contribution in [0.15, 0.2) is 94.2 Å². The number of nitrogens with one attached hydrogen (secondary N) is 1. The molecule has 0 bridgehead atoms. The van der Waals surface area contributed by atoms with Crippen molar-refractivity contribution in [2.45, 2.75) is 6.54 Å². The summed E-state index contributed by atoms with van der Waals surface area (Å²) in [5.74, 6) is -0.527. The fourth-order valence-electron chi connectivity index (χ4n) is 3.27. The number of carbonyl (C=O) groups is 1. The molecule has 0 spiro atoms. The molecule has 0 aliphatic rings. The highest BCUT2D eigenvalue weighted by atomic mass is 79.9. The third-order valence-electron chi connectivity index (χ3n) is 4.83. The normalized spacial score (nSPS) is 12.2. The maximum atomic E-state index is 13.4. The van der Waals surface area contributed by atoms with E-state index < -0.39 is 5.91 Å². The molecule has 7 heteroatoms. The second kappa shape index (κ2) is 10.3. The van der Waals surface area contributed by atoms with Crippen molar-refractivity contribution in [2.75, 3.05) is 0 Å². The average Bonchev–Trinajstić information content (AvgIpc) is 3.15. The average molecular weight is 516 g/mol. The summed E-state index contributed by atoms with van der Waals surface area (Å²) in [4.78, 5) is 26.3. The van der Waals surface area contributed by atoms with Crippen LogP contribution in [-0.4, -0.2) is 10.5 Å². The lowest BCUT2D eigenvalue weighted by atomic mass is 10.2. The van der Waals surface area contributed by atoms with E-state index in [9.17, 15) is 14.9 Å². The van der Waals surface area contributed by atoms with Crippen LogP contribution in [0.1, 0.15) is 11.1 Å². The van der Waals surface area contributed by atoms with Gasteiger partial charge in [-0.15, -0.1) is 11.3 Å². The molecular formula is C26H18BrN3O2S. The highest BCUT2D eigenvalue weighted by Gasteiger charge is 2.16. The van der Waals surface area contributed by atoms with Crippen LogP contribution in [-0.2, 0) is 11.3 Å². The Kier molecular flexibility index (Phi) is 6.98. The molecule has 1 N–H and O–H groups in total. The molecule has 3 aromatic carbocycles. The molecule has 1 heterocycles. The molecule has 33 heavy (non-hydrogen) atoms. The summed E-state index contributed by atoms with van der Waals surface area (Å²) in [6.45, 7) is 0.281. The minimum absolute atomic E-state index is 0.106. The number of thiazole rings is 1. The molecule has 4 rings (SSSR count). The third kappa shape index (κ3) is 5.20. The Morgan fingerprint density at radius 2 is 1.73 bits per heavy atom. The van der Waals surface area contributed by atoms with Crippen molar-refractivity contribution in [3.8, 4) is 11.8 Å². The number of aromatic nitrogens is 1. The fraction of sp³-hybridized carbons (Fsp3) is 0.0385. The number of benzene rings is 3. The van der Waals surface area contributed by atoms with Crippen LogP contribution in [0.5, 0.6) is 0 Å². The third-order valence-corrected chi connectivity index (χ3v) is 6.42. The van der Waals surface area contributed by atoms with Gasteiger partial charge in [0.25, 0.3) is 11.5 Å². The van der Waals surface area contributed by atoms with Crippen molar-refractivity contribution in [3.63, 3.8) is 0 Å². The van der Waals surface area contributed by atoms with Gasteiger partial charge in [0, 0.05) is 11.0 Å². The van der Waals surface area contributed by atoms with Crippen molar-refractivity contribution in [1.29, 1.82) is 5.26 Å². The van der Waals surface area contributed by atoms with Crippen LogP contribution in [0, 0.1) is 11.3 Å². The number of carbonyl (C=O) groups excluding carboxylic acids is 1. The second-order valence-electron chi connectivity index (χ2n) is 7.10. The van der Waals surface area contributed by atoms with Gasteiger partial charge in [-0.2, -0.15) is 5.26 Å². The Labute approximate surface area is 202 Å². The van der Waals surface area contributed by atoms with Crippen molar-refractivity contribution < 1.29 is 4.79 Å². The molecule has 0 unspecified atom stereocenters. The summed E-state index contributed by atoms with van der Waals surface area (Å²) >= 11 is 4.56. The number of hydrogen-bond donors (Lipinski definition) is 1. The zero-order chi connectivity index (χ0) is 23.2. The van der Waals surface area contributed by atoms with Gasteiger partial charge >= 0.3 is 0 Å². The summed E-state index contributed by atoms with van der Waals surface area (Å²) < 4.78 is 3.03. The lowest BCUT2D eigenvalue weighted by Crippen LogP contribution is -2.33. The van der Waals surface area contributed by atoms with E-state index in [1.165, 1.54) is 4.57 Å². The van der Waals surface area contributed by atoms with E-state index in [2.05, 4.69) is 21.2 Å². The Bertz CT molecular complexity index is 1520. The monoisotopic (exact) mass is 515 g/mol. The number of rotatable bonds is 5. The summed E-state index contributed by atoms with van der Waals surface area (Å²) in [6, 6.07) is 28.0. The summed E-state index contributed by atoms with van der Waals surface area (Å²) in [5.41, 5.74) is 1.95. The van der Waals surface area contributed by atoms with E-state index in [0.29, 0.717) is 14.9 Å². The highest BCUT2D eigenvalue weighted by molar-refractivity contribution is 9.10. The molecule has 1 aromatic heterocycles. The number of para-hydroxylation sites is 1. The Morgan fingerprint density at radius 1 is 1.03 bits per heavy atom. The van der Waals surface area contributed by atoms with Crippen LogP contribution >= 0.6 is 27.3 Å². The topological polar surface area (TPSA) is 74.9 Å². The van der Waals surface area contributed by atoms with Crippen LogP contribution in [0.25, 0.3) is 17.3 Å². The van der Waals surface area contributed by atoms with Gasteiger partial charge in [-0.1, -0.05) is 76.6 Å². The van der Waals surface area contributed by atoms with E-state index >= 15 is 0 Å². The van der Waals surface area contributed by atoms with Crippen LogP contribution in [0.3, 0.4) is 0 Å². The summed E-state index contributed by atoms with van der Waals surface area (Å²) in [5, 5.41) is 12.7. The SMILES string of the molecule is N#C/C(C(=O)NCc1ccccc1)=c1\s/c(=C/c2cccc(Br)c2)c(=O)n1-c1ccccc1. The maximum absolute atomic E-state index is 13.4. The predicted octanol–water partition coefficient (Wildman–Crippen LogP) is 3.48. The number of halogens is 1. The van der Waals surface area contributed by atoms with Gasteiger partial charge in [0.15, 0.2) is 5.57 Å². The van der Waals surface area contributed by atoms with Crippen LogP contribution < -0.4 is 20.1 Å². The summed E-state index contributed by atoms with van der Waals surface area (Å²) in [6.07, 6.45) is 1.76. The van der Waals surface area contributed by atoms with E-state index in [1.54, 1.807) is 18.2 Å². The van der Waals surface area contributed by atoms with Crippen molar-refractivity contribution in [2.24, 2.45) is 0 Å². The first-order chi connectivity index (χ1) is 16.1.